The summed E-state index contributed by atoms with van der Waals surface area (Å²) < 4.78 is 16.1. The highest BCUT2D eigenvalue weighted by atomic mass is 16.6. The summed E-state index contributed by atoms with van der Waals surface area (Å²) in [6.45, 7) is 3.29. The molecule has 7 nitrogen and oxygen atoms in total. The molecule has 3 aromatic carbocycles. The molecule has 4 rings (SSSR count). The maximum atomic E-state index is 12.5. The number of fused-ring (bicyclic) bond motifs is 3. The van der Waals surface area contributed by atoms with Crippen LogP contribution in [0.1, 0.15) is 18.1 Å². The van der Waals surface area contributed by atoms with Crippen molar-refractivity contribution in [3.63, 3.8) is 0 Å². The van der Waals surface area contributed by atoms with Crippen LogP contribution in [0.15, 0.2) is 75.9 Å². The molecular weight excluding hydrogens is 410 g/mol. The van der Waals surface area contributed by atoms with Crippen LogP contribution in [0.4, 0.5) is 4.79 Å². The lowest BCUT2D eigenvalue weighted by Crippen LogP contribution is -2.41. The Morgan fingerprint density at radius 1 is 0.938 bits per heavy atom. The van der Waals surface area contributed by atoms with Crippen molar-refractivity contribution in [1.29, 1.82) is 0 Å². The van der Waals surface area contributed by atoms with E-state index in [1.165, 1.54) is 6.92 Å². The quantitative estimate of drug-likeness (QED) is 0.217. The first-order chi connectivity index (χ1) is 15.4. The summed E-state index contributed by atoms with van der Waals surface area (Å²) in [4.78, 5) is 36.8. The molecule has 1 unspecified atom stereocenters. The fourth-order valence-corrected chi connectivity index (χ4v) is 3.37. The van der Waals surface area contributed by atoms with Crippen LogP contribution in [0.2, 0.25) is 0 Å². The normalized spacial score (nSPS) is 11.8. The van der Waals surface area contributed by atoms with E-state index < -0.39 is 23.7 Å². The van der Waals surface area contributed by atoms with Crippen LogP contribution >= 0.6 is 0 Å². The third kappa shape index (κ3) is 4.32. The monoisotopic (exact) mass is 431 g/mol. The minimum atomic E-state index is -0.947. The number of amides is 1. The molecule has 0 aliphatic heterocycles. The van der Waals surface area contributed by atoms with E-state index in [-0.39, 0.29) is 12.4 Å². The van der Waals surface area contributed by atoms with Crippen molar-refractivity contribution in [3.8, 4) is 5.75 Å². The average molecular weight is 431 g/mol. The van der Waals surface area contributed by atoms with Gasteiger partial charge in [-0.05, 0) is 43.0 Å². The topological polar surface area (TPSA) is 94.8 Å². The van der Waals surface area contributed by atoms with E-state index in [2.05, 4.69) is 5.32 Å². The van der Waals surface area contributed by atoms with Crippen LogP contribution in [0.5, 0.6) is 5.75 Å². The van der Waals surface area contributed by atoms with E-state index in [1.807, 2.05) is 42.5 Å². The molecule has 0 aliphatic carbocycles. The lowest BCUT2D eigenvalue weighted by Gasteiger charge is -2.15. The molecule has 162 valence electrons. The van der Waals surface area contributed by atoms with E-state index in [0.29, 0.717) is 16.5 Å². The smallest absolute Gasteiger partial charge is 0.408 e. The molecule has 0 aliphatic rings. The molecule has 0 radical (unpaired) electrons. The molecule has 0 saturated heterocycles. The first kappa shape index (κ1) is 21.1. The van der Waals surface area contributed by atoms with E-state index in [4.69, 9.17) is 13.9 Å². The molecule has 1 heterocycles. The number of ether oxygens (including phenoxy) is 2. The van der Waals surface area contributed by atoms with Gasteiger partial charge in [-0.1, -0.05) is 48.5 Å². The Hall–Kier alpha value is -4.13. The van der Waals surface area contributed by atoms with Gasteiger partial charge in [-0.3, -0.25) is 0 Å². The van der Waals surface area contributed by atoms with Gasteiger partial charge in [0.05, 0.1) is 5.39 Å². The zero-order chi connectivity index (χ0) is 22.7. The average Bonchev–Trinajstić information content (AvgIpc) is 2.80. The summed E-state index contributed by atoms with van der Waals surface area (Å²) in [5.41, 5.74) is 1.23. The van der Waals surface area contributed by atoms with Crippen molar-refractivity contribution >= 4 is 33.8 Å². The maximum absolute atomic E-state index is 12.5. The number of esters is 1. The molecule has 1 amide bonds. The Labute approximate surface area is 183 Å². The summed E-state index contributed by atoms with van der Waals surface area (Å²) in [7, 11) is 0. The number of aryl methyl sites for hydroxylation is 1. The number of hydrogen-bond acceptors (Lipinski definition) is 6. The predicted octanol–water partition coefficient (Wildman–Crippen LogP) is 4.47. The summed E-state index contributed by atoms with van der Waals surface area (Å²) in [6, 6.07) is 18.8. The molecule has 1 N–H and O–H groups in total. The van der Waals surface area contributed by atoms with Gasteiger partial charge in [-0.15, -0.1) is 0 Å². The van der Waals surface area contributed by atoms with Crippen LogP contribution < -0.4 is 15.7 Å². The van der Waals surface area contributed by atoms with Crippen molar-refractivity contribution in [3.05, 3.63) is 88.3 Å². The molecule has 0 bridgehead atoms. The van der Waals surface area contributed by atoms with E-state index in [9.17, 15) is 14.4 Å². The molecule has 7 heteroatoms. The number of benzene rings is 3. The Bertz CT molecular complexity index is 1360. The van der Waals surface area contributed by atoms with Crippen LogP contribution in [0, 0.1) is 6.92 Å². The predicted molar refractivity (Wildman–Crippen MR) is 120 cm³/mol. The lowest BCUT2D eigenvalue weighted by molar-refractivity contribution is -0.136. The van der Waals surface area contributed by atoms with Gasteiger partial charge in [0.1, 0.15) is 24.0 Å². The van der Waals surface area contributed by atoms with Crippen molar-refractivity contribution in [2.75, 3.05) is 0 Å². The number of alkyl carbamates (subject to hydrolysis) is 1. The van der Waals surface area contributed by atoms with Crippen molar-refractivity contribution < 1.29 is 23.5 Å². The zero-order valence-corrected chi connectivity index (χ0v) is 17.6. The SMILES string of the molecule is Cc1c(OC(=O)C(C)NC(=O)OCc2ccccc2)ccc2c1oc(=O)c1ccccc12. The van der Waals surface area contributed by atoms with Gasteiger partial charge in [0.2, 0.25) is 0 Å². The summed E-state index contributed by atoms with van der Waals surface area (Å²) >= 11 is 0. The highest BCUT2D eigenvalue weighted by Gasteiger charge is 2.21. The Kier molecular flexibility index (Phi) is 5.89. The van der Waals surface area contributed by atoms with Crippen molar-refractivity contribution in [2.45, 2.75) is 26.5 Å². The number of nitrogens with one attached hydrogen (secondary N) is 1. The molecule has 1 atom stereocenters. The molecular formula is C25H21NO6. The van der Waals surface area contributed by atoms with Crippen LogP contribution in [0.25, 0.3) is 21.7 Å². The second kappa shape index (κ2) is 8.93. The minimum absolute atomic E-state index is 0.0885. The van der Waals surface area contributed by atoms with Crippen LogP contribution in [-0.4, -0.2) is 18.1 Å². The fourth-order valence-electron chi connectivity index (χ4n) is 3.37. The Balaban J connectivity index is 1.47. The number of hydrogen-bond donors (Lipinski definition) is 1. The van der Waals surface area contributed by atoms with Gasteiger partial charge >= 0.3 is 17.7 Å². The fraction of sp³-hybridized carbons (Fsp3) is 0.160. The summed E-state index contributed by atoms with van der Waals surface area (Å²) in [5, 5.41) is 4.44. The Morgan fingerprint density at radius 3 is 2.38 bits per heavy atom. The standard InChI is InChI=1S/C25H21NO6/c1-15-21(13-12-19-18-10-6-7-11-20(18)24(28)32-22(15)19)31-23(27)16(2)26-25(29)30-14-17-8-4-3-5-9-17/h3-13,16H,14H2,1-2H3,(H,26,29). The van der Waals surface area contributed by atoms with Gasteiger partial charge in [0.15, 0.2) is 0 Å². The third-order valence-corrected chi connectivity index (χ3v) is 5.10. The lowest BCUT2D eigenvalue weighted by atomic mass is 10.0. The largest absolute Gasteiger partial charge is 0.445 e. The molecule has 32 heavy (non-hydrogen) atoms. The van der Waals surface area contributed by atoms with Crippen LogP contribution in [0.3, 0.4) is 0 Å². The second-order valence-electron chi connectivity index (χ2n) is 7.35. The van der Waals surface area contributed by atoms with Gasteiger partial charge < -0.3 is 19.2 Å². The minimum Gasteiger partial charge on any atom is -0.445 e. The maximum Gasteiger partial charge on any atom is 0.408 e. The number of carbonyl (C=O) groups excluding carboxylic acids is 2. The van der Waals surface area contributed by atoms with Gasteiger partial charge in [-0.2, -0.15) is 0 Å². The summed E-state index contributed by atoms with van der Waals surface area (Å²) in [6.07, 6.45) is -0.731. The third-order valence-electron chi connectivity index (χ3n) is 5.10. The zero-order valence-electron chi connectivity index (χ0n) is 17.6. The highest BCUT2D eigenvalue weighted by molar-refractivity contribution is 6.05. The first-order valence-corrected chi connectivity index (χ1v) is 10.1. The summed E-state index contributed by atoms with van der Waals surface area (Å²) in [5.74, 6) is -0.431. The van der Waals surface area contributed by atoms with Gasteiger partial charge in [0, 0.05) is 10.9 Å². The molecule has 4 aromatic rings. The van der Waals surface area contributed by atoms with Crippen molar-refractivity contribution in [2.24, 2.45) is 0 Å². The molecule has 1 aromatic heterocycles. The Morgan fingerprint density at radius 2 is 1.62 bits per heavy atom. The molecule has 0 spiro atoms. The highest BCUT2D eigenvalue weighted by Crippen LogP contribution is 2.31. The number of carbonyl (C=O) groups is 2. The van der Waals surface area contributed by atoms with E-state index in [1.54, 1.807) is 31.2 Å². The molecule has 0 saturated carbocycles. The van der Waals surface area contributed by atoms with Crippen molar-refractivity contribution in [1.82, 2.24) is 5.32 Å². The van der Waals surface area contributed by atoms with Crippen LogP contribution in [-0.2, 0) is 16.1 Å². The first-order valence-electron chi connectivity index (χ1n) is 10.1. The van der Waals surface area contributed by atoms with E-state index >= 15 is 0 Å². The van der Waals surface area contributed by atoms with E-state index in [0.717, 1.165) is 16.3 Å². The second-order valence-corrected chi connectivity index (χ2v) is 7.35. The molecule has 0 fully saturated rings. The number of rotatable bonds is 5. The van der Waals surface area contributed by atoms with Gasteiger partial charge in [0.25, 0.3) is 0 Å². The van der Waals surface area contributed by atoms with Gasteiger partial charge in [-0.25, -0.2) is 14.4 Å².